The van der Waals surface area contributed by atoms with E-state index in [0.29, 0.717) is 11.3 Å². The molecule has 88 valence electrons. The largest absolute Gasteiger partial charge is 0.476 e. The third kappa shape index (κ3) is 2.15. The maximum atomic E-state index is 12.3. The van der Waals surface area contributed by atoms with E-state index in [0.717, 1.165) is 0 Å². The number of carboxylic acid groups (broad SMARTS) is 1. The number of alkyl halides is 1. The number of hydrogen-bond donors (Lipinski definition) is 1. The summed E-state index contributed by atoms with van der Waals surface area (Å²) >= 11 is 0. The van der Waals surface area contributed by atoms with Crippen LogP contribution in [-0.2, 0) is 6.54 Å². The van der Waals surface area contributed by atoms with Gasteiger partial charge in [0.1, 0.15) is 12.4 Å². The summed E-state index contributed by atoms with van der Waals surface area (Å²) in [5.41, 5.74) is 0.823. The second-order valence-corrected chi connectivity index (χ2v) is 3.37. The fourth-order valence-corrected chi connectivity index (χ4v) is 1.58. The molecule has 0 radical (unpaired) electrons. The van der Waals surface area contributed by atoms with Crippen LogP contribution < -0.4 is 0 Å². The van der Waals surface area contributed by atoms with E-state index in [9.17, 15) is 9.18 Å². The van der Waals surface area contributed by atoms with Crippen LogP contribution in [0.15, 0.2) is 30.3 Å². The Morgan fingerprint density at radius 3 is 2.65 bits per heavy atom. The number of aromatic carboxylic acids is 1. The number of carboxylic acids is 1. The molecular formula is C11H10FN3O2. The van der Waals surface area contributed by atoms with Gasteiger partial charge in [-0.25, -0.2) is 13.9 Å². The highest BCUT2D eigenvalue weighted by Crippen LogP contribution is 2.21. The molecule has 6 heteroatoms. The van der Waals surface area contributed by atoms with Crippen molar-refractivity contribution in [2.24, 2.45) is 0 Å². The van der Waals surface area contributed by atoms with Gasteiger partial charge in [-0.15, -0.1) is 5.10 Å². The average molecular weight is 235 g/mol. The Morgan fingerprint density at radius 2 is 2.06 bits per heavy atom. The van der Waals surface area contributed by atoms with Crippen molar-refractivity contribution in [1.82, 2.24) is 15.0 Å². The standard InChI is InChI=1S/C11H10FN3O2/c12-6-7-15-10(8-4-2-1-3-5-8)9(11(16)17)13-14-15/h1-5H,6-7H2,(H,16,17). The lowest BCUT2D eigenvalue weighted by Crippen LogP contribution is -2.06. The van der Waals surface area contributed by atoms with E-state index in [4.69, 9.17) is 5.11 Å². The molecule has 0 unspecified atom stereocenters. The third-order valence-electron chi connectivity index (χ3n) is 2.28. The van der Waals surface area contributed by atoms with Crippen LogP contribution in [0, 0.1) is 0 Å². The van der Waals surface area contributed by atoms with E-state index in [-0.39, 0.29) is 12.2 Å². The summed E-state index contributed by atoms with van der Waals surface area (Å²) in [7, 11) is 0. The van der Waals surface area contributed by atoms with Crippen LogP contribution in [0.3, 0.4) is 0 Å². The van der Waals surface area contributed by atoms with E-state index in [2.05, 4.69) is 10.3 Å². The molecule has 1 aromatic carbocycles. The Morgan fingerprint density at radius 1 is 1.35 bits per heavy atom. The number of carbonyl (C=O) groups is 1. The van der Waals surface area contributed by atoms with Crippen molar-refractivity contribution < 1.29 is 14.3 Å². The summed E-state index contributed by atoms with van der Waals surface area (Å²) in [6, 6.07) is 8.83. The Kier molecular flexibility index (Phi) is 3.13. The number of hydrogen-bond acceptors (Lipinski definition) is 3. The zero-order valence-corrected chi connectivity index (χ0v) is 8.88. The van der Waals surface area contributed by atoms with Crippen LogP contribution in [-0.4, -0.2) is 32.7 Å². The maximum Gasteiger partial charge on any atom is 0.358 e. The average Bonchev–Trinajstić information content (AvgIpc) is 2.74. The van der Waals surface area contributed by atoms with Gasteiger partial charge in [-0.1, -0.05) is 35.5 Å². The van der Waals surface area contributed by atoms with Crippen LogP contribution in [0.4, 0.5) is 4.39 Å². The molecule has 5 nitrogen and oxygen atoms in total. The molecule has 0 atom stereocenters. The van der Waals surface area contributed by atoms with E-state index in [1.54, 1.807) is 24.3 Å². The van der Waals surface area contributed by atoms with Crippen LogP contribution in [0.25, 0.3) is 11.3 Å². The minimum absolute atomic E-state index is 0.00942. The second-order valence-electron chi connectivity index (χ2n) is 3.37. The van der Waals surface area contributed by atoms with Crippen molar-refractivity contribution in [3.05, 3.63) is 36.0 Å². The van der Waals surface area contributed by atoms with Gasteiger partial charge in [0.25, 0.3) is 0 Å². The monoisotopic (exact) mass is 235 g/mol. The highest BCUT2D eigenvalue weighted by molar-refractivity contribution is 5.92. The minimum Gasteiger partial charge on any atom is -0.476 e. The molecule has 0 spiro atoms. The topological polar surface area (TPSA) is 68.0 Å². The number of halogens is 1. The molecule has 0 saturated heterocycles. The molecule has 1 heterocycles. The lowest BCUT2D eigenvalue weighted by Gasteiger charge is -2.04. The van der Waals surface area contributed by atoms with Gasteiger partial charge in [-0.3, -0.25) is 0 Å². The summed E-state index contributed by atoms with van der Waals surface area (Å²) in [5.74, 6) is -1.17. The molecule has 0 fully saturated rings. The zero-order valence-electron chi connectivity index (χ0n) is 8.88. The molecule has 2 aromatic rings. The number of aryl methyl sites for hydroxylation is 1. The van der Waals surface area contributed by atoms with Gasteiger partial charge in [0.2, 0.25) is 0 Å². The lowest BCUT2D eigenvalue weighted by atomic mass is 10.1. The normalized spacial score (nSPS) is 10.4. The molecule has 2 rings (SSSR count). The van der Waals surface area contributed by atoms with Gasteiger partial charge >= 0.3 is 5.97 Å². The minimum atomic E-state index is -1.17. The first-order valence-electron chi connectivity index (χ1n) is 5.02. The first-order chi connectivity index (χ1) is 8.24. The lowest BCUT2D eigenvalue weighted by molar-refractivity contribution is 0.0691. The predicted octanol–water partition coefficient (Wildman–Crippen LogP) is 1.61. The predicted molar refractivity (Wildman–Crippen MR) is 58.4 cm³/mol. The fraction of sp³-hybridized carbons (Fsp3) is 0.182. The van der Waals surface area contributed by atoms with E-state index >= 15 is 0 Å². The van der Waals surface area contributed by atoms with E-state index in [1.165, 1.54) is 4.68 Å². The van der Waals surface area contributed by atoms with Gasteiger partial charge in [0.15, 0.2) is 5.69 Å². The van der Waals surface area contributed by atoms with Crippen LogP contribution >= 0.6 is 0 Å². The van der Waals surface area contributed by atoms with Gasteiger partial charge in [0.05, 0.1) is 6.54 Å². The van der Waals surface area contributed by atoms with E-state index < -0.39 is 12.6 Å². The number of aromatic nitrogens is 3. The molecule has 0 aliphatic rings. The Bertz CT molecular complexity index is 525. The molecule has 0 amide bonds. The molecule has 0 bridgehead atoms. The highest BCUT2D eigenvalue weighted by Gasteiger charge is 2.19. The second kappa shape index (κ2) is 4.73. The van der Waals surface area contributed by atoms with Crippen molar-refractivity contribution >= 4 is 5.97 Å². The Labute approximate surface area is 96.5 Å². The summed E-state index contributed by atoms with van der Waals surface area (Å²) in [4.78, 5) is 11.0. The summed E-state index contributed by atoms with van der Waals surface area (Å²) in [5, 5.41) is 16.2. The van der Waals surface area contributed by atoms with Crippen molar-refractivity contribution in [1.29, 1.82) is 0 Å². The van der Waals surface area contributed by atoms with Gasteiger partial charge in [-0.2, -0.15) is 0 Å². The summed E-state index contributed by atoms with van der Waals surface area (Å²) in [6.45, 7) is -0.632. The number of rotatable bonds is 4. The smallest absolute Gasteiger partial charge is 0.358 e. The quantitative estimate of drug-likeness (QED) is 0.874. The fourth-order valence-electron chi connectivity index (χ4n) is 1.58. The SMILES string of the molecule is O=C(O)c1nnn(CCF)c1-c1ccccc1. The maximum absolute atomic E-state index is 12.3. The number of nitrogens with zero attached hydrogens (tertiary/aromatic N) is 3. The first kappa shape index (κ1) is 11.3. The third-order valence-corrected chi connectivity index (χ3v) is 2.28. The first-order valence-corrected chi connectivity index (χ1v) is 5.02. The van der Waals surface area contributed by atoms with E-state index in [1.807, 2.05) is 6.07 Å². The molecule has 0 saturated carbocycles. The molecular weight excluding hydrogens is 225 g/mol. The highest BCUT2D eigenvalue weighted by atomic mass is 19.1. The van der Waals surface area contributed by atoms with Crippen LogP contribution in [0.5, 0.6) is 0 Å². The molecule has 17 heavy (non-hydrogen) atoms. The summed E-state index contributed by atoms with van der Waals surface area (Å²) in [6.07, 6.45) is 0. The molecule has 1 aromatic heterocycles. The van der Waals surface area contributed by atoms with Crippen molar-refractivity contribution in [3.63, 3.8) is 0 Å². The van der Waals surface area contributed by atoms with Gasteiger partial charge < -0.3 is 5.11 Å². The van der Waals surface area contributed by atoms with Crippen LogP contribution in [0.1, 0.15) is 10.5 Å². The van der Waals surface area contributed by atoms with Crippen molar-refractivity contribution in [3.8, 4) is 11.3 Å². The number of benzene rings is 1. The van der Waals surface area contributed by atoms with Crippen LogP contribution in [0.2, 0.25) is 0 Å². The van der Waals surface area contributed by atoms with Gasteiger partial charge in [-0.05, 0) is 0 Å². The van der Waals surface area contributed by atoms with Crippen molar-refractivity contribution in [2.75, 3.05) is 6.67 Å². The Hall–Kier alpha value is -2.24. The van der Waals surface area contributed by atoms with Crippen molar-refractivity contribution in [2.45, 2.75) is 6.54 Å². The Balaban J connectivity index is 2.56. The molecule has 1 N–H and O–H groups in total. The molecule has 0 aliphatic carbocycles. The zero-order chi connectivity index (χ0) is 12.3. The summed E-state index contributed by atoms with van der Waals surface area (Å²) < 4.78 is 13.6. The molecule has 0 aliphatic heterocycles. The van der Waals surface area contributed by atoms with Gasteiger partial charge in [0, 0.05) is 5.56 Å².